The Morgan fingerprint density at radius 1 is 1.25 bits per heavy atom. The van der Waals surface area contributed by atoms with Gasteiger partial charge in [-0.05, 0) is 12.3 Å². The summed E-state index contributed by atoms with van der Waals surface area (Å²) in [5.41, 5.74) is 0. The second kappa shape index (κ2) is 8.11. The lowest BCUT2D eigenvalue weighted by atomic mass is 10.0. The average molecular weight is 215 g/mol. The van der Waals surface area contributed by atoms with Gasteiger partial charge in [-0.25, -0.2) is 0 Å². The first kappa shape index (κ1) is 15.0. The van der Waals surface area contributed by atoms with E-state index >= 15 is 0 Å². The Kier molecular flexibility index (Phi) is 10.1. The van der Waals surface area contributed by atoms with Gasteiger partial charge in [-0.2, -0.15) is 0 Å². The largest absolute Gasteiger partial charge is 0.314 e. The molecule has 0 aromatic rings. The fourth-order valence-corrected chi connectivity index (χ4v) is 1.45. The number of piperazine rings is 1. The summed E-state index contributed by atoms with van der Waals surface area (Å²) in [5.74, 6) is 0.817. The van der Waals surface area contributed by atoms with Gasteiger partial charge in [-0.3, -0.25) is 0 Å². The van der Waals surface area contributed by atoms with Crippen LogP contribution in [0.2, 0.25) is 0 Å². The molecule has 1 atom stereocenters. The number of hydrogen-bond donors (Lipinski definition) is 2. The second-order valence-electron chi connectivity index (χ2n) is 3.48. The van der Waals surface area contributed by atoms with E-state index < -0.39 is 0 Å². The molecule has 0 aromatic heterocycles. The van der Waals surface area contributed by atoms with E-state index in [0.29, 0.717) is 6.04 Å². The Morgan fingerprint density at radius 2 is 1.92 bits per heavy atom. The predicted molar refractivity (Wildman–Crippen MR) is 58.6 cm³/mol. The van der Waals surface area contributed by atoms with E-state index in [-0.39, 0.29) is 24.8 Å². The molecule has 0 saturated carbocycles. The first-order chi connectivity index (χ1) is 4.79. The van der Waals surface area contributed by atoms with Crippen molar-refractivity contribution < 1.29 is 0 Å². The highest BCUT2D eigenvalue weighted by molar-refractivity contribution is 5.85. The molecule has 76 valence electrons. The zero-order valence-corrected chi connectivity index (χ0v) is 9.43. The molecular formula is C8H20Cl2N2. The van der Waals surface area contributed by atoms with Crippen molar-refractivity contribution in [1.82, 2.24) is 10.6 Å². The summed E-state index contributed by atoms with van der Waals surface area (Å²) in [5, 5.41) is 6.87. The van der Waals surface area contributed by atoms with Crippen LogP contribution < -0.4 is 10.6 Å². The summed E-state index contributed by atoms with van der Waals surface area (Å²) in [7, 11) is 0. The third-order valence-electron chi connectivity index (χ3n) is 1.88. The molecule has 1 saturated heterocycles. The van der Waals surface area contributed by atoms with Crippen LogP contribution in [0.3, 0.4) is 0 Å². The van der Waals surface area contributed by atoms with Gasteiger partial charge < -0.3 is 10.6 Å². The van der Waals surface area contributed by atoms with E-state index in [1.165, 1.54) is 6.42 Å². The Morgan fingerprint density at radius 3 is 2.33 bits per heavy atom. The molecule has 1 aliphatic heterocycles. The van der Waals surface area contributed by atoms with Crippen LogP contribution >= 0.6 is 24.8 Å². The molecule has 2 N–H and O–H groups in total. The standard InChI is InChI=1S/C8H18N2.2ClH/c1-7(2)5-8-6-9-3-4-10-8;;/h7-10H,3-6H2,1-2H3;2*1H/t8-;;/m1../s1. The maximum absolute atomic E-state index is 3.49. The van der Waals surface area contributed by atoms with Crippen LogP contribution in [0.25, 0.3) is 0 Å². The predicted octanol–water partition coefficient (Wildman–Crippen LogP) is 1.44. The van der Waals surface area contributed by atoms with Gasteiger partial charge in [0.25, 0.3) is 0 Å². The summed E-state index contributed by atoms with van der Waals surface area (Å²) in [6.45, 7) is 7.97. The van der Waals surface area contributed by atoms with Gasteiger partial charge >= 0.3 is 0 Å². The van der Waals surface area contributed by atoms with Gasteiger partial charge in [0.05, 0.1) is 0 Å². The molecule has 12 heavy (non-hydrogen) atoms. The van der Waals surface area contributed by atoms with E-state index in [1.807, 2.05) is 0 Å². The molecular weight excluding hydrogens is 195 g/mol. The average Bonchev–Trinajstić information content (AvgIpc) is 1.88. The van der Waals surface area contributed by atoms with Gasteiger partial charge in [0.15, 0.2) is 0 Å². The van der Waals surface area contributed by atoms with Crippen LogP contribution in [0.15, 0.2) is 0 Å². The first-order valence-electron chi connectivity index (χ1n) is 4.23. The van der Waals surface area contributed by atoms with Crippen molar-refractivity contribution in [1.29, 1.82) is 0 Å². The Hall–Kier alpha value is 0.500. The Bertz CT molecular complexity index is 93.1. The normalized spacial score (nSPS) is 22.8. The van der Waals surface area contributed by atoms with Crippen LogP contribution in [0.5, 0.6) is 0 Å². The fraction of sp³-hybridized carbons (Fsp3) is 1.00. The highest BCUT2D eigenvalue weighted by atomic mass is 35.5. The maximum Gasteiger partial charge on any atom is 0.0195 e. The molecule has 0 aliphatic carbocycles. The van der Waals surface area contributed by atoms with E-state index in [1.54, 1.807) is 0 Å². The fourth-order valence-electron chi connectivity index (χ4n) is 1.45. The van der Waals surface area contributed by atoms with Crippen LogP contribution in [-0.2, 0) is 0 Å². The summed E-state index contributed by atoms with van der Waals surface area (Å²) in [6, 6.07) is 0.716. The maximum atomic E-state index is 3.49. The Labute approximate surface area is 87.7 Å². The van der Waals surface area contributed by atoms with Gasteiger partial charge in [0.1, 0.15) is 0 Å². The number of nitrogens with one attached hydrogen (secondary N) is 2. The zero-order valence-electron chi connectivity index (χ0n) is 7.80. The van der Waals surface area contributed by atoms with E-state index in [9.17, 15) is 0 Å². The van der Waals surface area contributed by atoms with Crippen molar-refractivity contribution in [2.75, 3.05) is 19.6 Å². The quantitative estimate of drug-likeness (QED) is 0.728. The van der Waals surface area contributed by atoms with Crippen LogP contribution in [0, 0.1) is 5.92 Å². The molecule has 0 amide bonds. The van der Waals surface area contributed by atoms with Crippen molar-refractivity contribution in [3.05, 3.63) is 0 Å². The molecule has 0 unspecified atom stereocenters. The van der Waals surface area contributed by atoms with Crippen LogP contribution in [-0.4, -0.2) is 25.7 Å². The van der Waals surface area contributed by atoms with Crippen molar-refractivity contribution in [2.45, 2.75) is 26.3 Å². The molecule has 1 aliphatic rings. The SMILES string of the molecule is CC(C)C[C@@H]1CNCCN1.Cl.Cl. The molecule has 0 aromatic carbocycles. The minimum atomic E-state index is 0. The monoisotopic (exact) mass is 214 g/mol. The minimum absolute atomic E-state index is 0. The van der Waals surface area contributed by atoms with E-state index in [4.69, 9.17) is 0 Å². The molecule has 2 nitrogen and oxygen atoms in total. The van der Waals surface area contributed by atoms with E-state index in [2.05, 4.69) is 24.5 Å². The molecule has 1 heterocycles. The molecule has 0 spiro atoms. The highest BCUT2D eigenvalue weighted by Gasteiger charge is 2.12. The van der Waals surface area contributed by atoms with Crippen LogP contribution in [0.1, 0.15) is 20.3 Å². The summed E-state index contributed by atoms with van der Waals surface area (Å²) >= 11 is 0. The smallest absolute Gasteiger partial charge is 0.0195 e. The summed E-state index contributed by atoms with van der Waals surface area (Å²) < 4.78 is 0. The van der Waals surface area contributed by atoms with Crippen molar-refractivity contribution >= 4 is 24.8 Å². The third-order valence-corrected chi connectivity index (χ3v) is 1.88. The number of hydrogen-bond acceptors (Lipinski definition) is 2. The first-order valence-corrected chi connectivity index (χ1v) is 4.23. The van der Waals surface area contributed by atoms with Crippen molar-refractivity contribution in [3.63, 3.8) is 0 Å². The topological polar surface area (TPSA) is 24.1 Å². The van der Waals surface area contributed by atoms with Gasteiger partial charge in [-0.15, -0.1) is 24.8 Å². The van der Waals surface area contributed by atoms with Gasteiger partial charge in [0, 0.05) is 25.7 Å². The zero-order chi connectivity index (χ0) is 7.40. The lowest BCUT2D eigenvalue weighted by molar-refractivity contribution is 0.362. The highest BCUT2D eigenvalue weighted by Crippen LogP contribution is 2.04. The lowest BCUT2D eigenvalue weighted by Crippen LogP contribution is -2.48. The summed E-state index contributed by atoms with van der Waals surface area (Å²) in [4.78, 5) is 0. The molecule has 1 rings (SSSR count). The van der Waals surface area contributed by atoms with Crippen molar-refractivity contribution in [2.24, 2.45) is 5.92 Å². The molecule has 0 radical (unpaired) electrons. The van der Waals surface area contributed by atoms with E-state index in [0.717, 1.165) is 25.6 Å². The lowest BCUT2D eigenvalue weighted by Gasteiger charge is -2.25. The number of rotatable bonds is 2. The van der Waals surface area contributed by atoms with Gasteiger partial charge in [-0.1, -0.05) is 13.8 Å². The summed E-state index contributed by atoms with van der Waals surface area (Å²) in [6.07, 6.45) is 1.30. The van der Waals surface area contributed by atoms with Gasteiger partial charge in [0.2, 0.25) is 0 Å². The molecule has 1 fully saturated rings. The Balaban J connectivity index is 0. The third kappa shape index (κ3) is 6.06. The molecule has 0 bridgehead atoms. The second-order valence-corrected chi connectivity index (χ2v) is 3.48. The molecule has 4 heteroatoms. The minimum Gasteiger partial charge on any atom is -0.314 e. The van der Waals surface area contributed by atoms with Crippen LogP contribution in [0.4, 0.5) is 0 Å². The van der Waals surface area contributed by atoms with Crippen molar-refractivity contribution in [3.8, 4) is 0 Å². The number of halogens is 2.